The number of carbonyl (C=O) groups is 1. The molecule has 4 atom stereocenters. The second-order valence-electron chi connectivity index (χ2n) is 15.2. The SMILES string of the molecule is CC(C)CC[C@@H](O)CN(C(=O)OC(C)(C)C)C(CO)C(OCc1ccccc1)C(Cc1cc(F)cc(F)c1)N(Cc1ccccc1)Cc1ccccc1. The number of carbonyl (C=O) groups excluding carboxylic acids is 1. The van der Waals surface area contributed by atoms with E-state index in [0.29, 0.717) is 31.0 Å². The molecule has 4 rings (SSSR count). The Labute approximate surface area is 314 Å². The predicted molar refractivity (Wildman–Crippen MR) is 205 cm³/mol. The summed E-state index contributed by atoms with van der Waals surface area (Å²) >= 11 is 0. The second-order valence-corrected chi connectivity index (χ2v) is 15.2. The van der Waals surface area contributed by atoms with Crippen LogP contribution in [0, 0.1) is 17.6 Å². The van der Waals surface area contributed by atoms with E-state index in [1.54, 1.807) is 20.8 Å². The third-order valence-electron chi connectivity index (χ3n) is 9.04. The highest BCUT2D eigenvalue weighted by atomic mass is 19.1. The molecule has 2 N–H and O–H groups in total. The van der Waals surface area contributed by atoms with Crippen molar-refractivity contribution in [3.8, 4) is 0 Å². The summed E-state index contributed by atoms with van der Waals surface area (Å²) in [5, 5.41) is 22.7. The summed E-state index contributed by atoms with van der Waals surface area (Å²) in [6.45, 7) is 9.74. The molecule has 0 heterocycles. The maximum Gasteiger partial charge on any atom is 0.410 e. The molecule has 0 bridgehead atoms. The van der Waals surface area contributed by atoms with Gasteiger partial charge in [-0.3, -0.25) is 9.80 Å². The number of ether oxygens (including phenoxy) is 2. The molecule has 4 aromatic carbocycles. The molecule has 0 saturated heterocycles. The molecule has 286 valence electrons. The lowest BCUT2D eigenvalue weighted by Crippen LogP contribution is -2.60. The Morgan fingerprint density at radius 3 is 1.72 bits per heavy atom. The van der Waals surface area contributed by atoms with E-state index in [1.165, 1.54) is 17.0 Å². The van der Waals surface area contributed by atoms with Crippen LogP contribution in [0.3, 0.4) is 0 Å². The highest BCUT2D eigenvalue weighted by molar-refractivity contribution is 5.68. The number of aliphatic hydroxyl groups excluding tert-OH is 2. The highest BCUT2D eigenvalue weighted by Crippen LogP contribution is 2.28. The fourth-order valence-corrected chi connectivity index (χ4v) is 6.48. The average Bonchev–Trinajstić information content (AvgIpc) is 3.11. The van der Waals surface area contributed by atoms with E-state index >= 15 is 0 Å². The number of nitrogens with zero attached hydrogens (tertiary/aromatic N) is 2. The van der Waals surface area contributed by atoms with Gasteiger partial charge in [-0.2, -0.15) is 0 Å². The van der Waals surface area contributed by atoms with Crippen LogP contribution in [0.4, 0.5) is 13.6 Å². The first kappa shape index (κ1) is 41.6. The van der Waals surface area contributed by atoms with Crippen LogP contribution in [-0.2, 0) is 35.6 Å². The number of benzene rings is 4. The molecule has 0 saturated carbocycles. The van der Waals surface area contributed by atoms with E-state index in [0.717, 1.165) is 29.2 Å². The van der Waals surface area contributed by atoms with E-state index in [9.17, 15) is 23.8 Å². The largest absolute Gasteiger partial charge is 0.444 e. The standard InChI is InChI=1S/C44H56F2N2O5/c1-32(2)21-22-39(50)29-48(43(51)53-44(3,4)5)41(30-49)42(52-31-35-19-13-8-14-20-35)40(25-36-23-37(45)26-38(46)24-36)47(27-33-15-9-6-10-16-33)28-34-17-11-7-12-18-34/h6-20,23-24,26,32,39-42,49-50H,21-22,25,27-31H2,1-5H3/t39-,40?,41?,42?/m1/s1. The molecule has 0 spiro atoms. The second kappa shape index (κ2) is 20.3. The topological polar surface area (TPSA) is 82.5 Å². The zero-order valence-electron chi connectivity index (χ0n) is 31.7. The van der Waals surface area contributed by atoms with Crippen molar-refractivity contribution < 1.29 is 33.3 Å². The Bertz CT molecular complexity index is 1590. The van der Waals surface area contributed by atoms with Gasteiger partial charge in [-0.05, 0) is 80.3 Å². The Hall–Kier alpha value is -4.15. The van der Waals surface area contributed by atoms with E-state index in [1.807, 2.05) is 91.0 Å². The first-order chi connectivity index (χ1) is 25.3. The maximum atomic E-state index is 14.8. The van der Waals surface area contributed by atoms with Gasteiger partial charge >= 0.3 is 6.09 Å². The summed E-state index contributed by atoms with van der Waals surface area (Å²) < 4.78 is 42.4. The van der Waals surface area contributed by atoms with Crippen molar-refractivity contribution in [1.29, 1.82) is 0 Å². The number of halogens is 2. The lowest BCUT2D eigenvalue weighted by molar-refractivity contribution is -0.0946. The summed E-state index contributed by atoms with van der Waals surface area (Å²) in [4.78, 5) is 17.7. The van der Waals surface area contributed by atoms with Crippen LogP contribution in [0.1, 0.15) is 69.7 Å². The number of hydrogen-bond donors (Lipinski definition) is 2. The predicted octanol–water partition coefficient (Wildman–Crippen LogP) is 8.56. The van der Waals surface area contributed by atoms with Crippen molar-refractivity contribution in [3.63, 3.8) is 0 Å². The molecule has 1 amide bonds. The van der Waals surface area contributed by atoms with E-state index in [-0.39, 0.29) is 19.6 Å². The van der Waals surface area contributed by atoms with Gasteiger partial charge in [0.15, 0.2) is 0 Å². The van der Waals surface area contributed by atoms with Gasteiger partial charge in [-0.1, -0.05) is 105 Å². The first-order valence-electron chi connectivity index (χ1n) is 18.5. The lowest BCUT2D eigenvalue weighted by atomic mass is 9.92. The van der Waals surface area contributed by atoms with Crippen LogP contribution in [0.5, 0.6) is 0 Å². The average molecular weight is 731 g/mol. The summed E-state index contributed by atoms with van der Waals surface area (Å²) in [5.41, 5.74) is 2.38. The molecule has 0 radical (unpaired) electrons. The Balaban J connectivity index is 1.90. The fraction of sp³-hybridized carbons (Fsp3) is 0.432. The molecule has 7 nitrogen and oxygen atoms in total. The minimum absolute atomic E-state index is 0.113. The van der Waals surface area contributed by atoms with Crippen molar-refractivity contribution in [2.45, 2.75) is 103 Å². The van der Waals surface area contributed by atoms with Gasteiger partial charge < -0.3 is 19.7 Å². The van der Waals surface area contributed by atoms with Gasteiger partial charge in [0.1, 0.15) is 17.2 Å². The number of rotatable bonds is 19. The molecular weight excluding hydrogens is 674 g/mol. The van der Waals surface area contributed by atoms with Gasteiger partial charge in [0.25, 0.3) is 0 Å². The molecular formula is C44H56F2N2O5. The van der Waals surface area contributed by atoms with Crippen LogP contribution in [0.15, 0.2) is 109 Å². The molecule has 0 fully saturated rings. The normalized spacial score (nSPS) is 14.2. The monoisotopic (exact) mass is 730 g/mol. The summed E-state index contributed by atoms with van der Waals surface area (Å²) in [5.74, 6) is -1.09. The number of aliphatic hydroxyl groups is 2. The lowest BCUT2D eigenvalue weighted by Gasteiger charge is -2.44. The molecule has 0 aliphatic heterocycles. The van der Waals surface area contributed by atoms with Gasteiger partial charge in [0.05, 0.1) is 38.0 Å². The Kier molecular flexibility index (Phi) is 16.0. The third kappa shape index (κ3) is 14.0. The minimum Gasteiger partial charge on any atom is -0.444 e. The zero-order valence-corrected chi connectivity index (χ0v) is 31.7. The van der Waals surface area contributed by atoms with E-state index < -0.39 is 54.2 Å². The minimum atomic E-state index is -1.03. The van der Waals surface area contributed by atoms with Crippen LogP contribution >= 0.6 is 0 Å². The molecule has 0 aromatic heterocycles. The van der Waals surface area contributed by atoms with Gasteiger partial charge in [-0.25, -0.2) is 13.6 Å². The van der Waals surface area contributed by atoms with E-state index in [4.69, 9.17) is 9.47 Å². The Morgan fingerprint density at radius 1 is 0.736 bits per heavy atom. The van der Waals surface area contributed by atoms with Crippen molar-refractivity contribution in [2.75, 3.05) is 13.2 Å². The molecule has 0 aliphatic rings. The first-order valence-corrected chi connectivity index (χ1v) is 18.5. The van der Waals surface area contributed by atoms with Crippen molar-refractivity contribution >= 4 is 6.09 Å². The van der Waals surface area contributed by atoms with Crippen molar-refractivity contribution in [3.05, 3.63) is 143 Å². The molecule has 53 heavy (non-hydrogen) atoms. The van der Waals surface area contributed by atoms with Gasteiger partial charge in [0, 0.05) is 25.2 Å². The zero-order chi connectivity index (χ0) is 38.4. The van der Waals surface area contributed by atoms with Crippen molar-refractivity contribution in [1.82, 2.24) is 9.80 Å². The molecule has 4 aromatic rings. The number of hydrogen-bond acceptors (Lipinski definition) is 6. The Morgan fingerprint density at radius 2 is 1.25 bits per heavy atom. The van der Waals surface area contributed by atoms with Crippen LogP contribution < -0.4 is 0 Å². The molecule has 9 heteroatoms. The summed E-state index contributed by atoms with van der Waals surface area (Å²) in [6.07, 6.45) is -1.27. The smallest absolute Gasteiger partial charge is 0.410 e. The highest BCUT2D eigenvalue weighted by Gasteiger charge is 2.41. The van der Waals surface area contributed by atoms with Gasteiger partial charge in [0.2, 0.25) is 0 Å². The number of amides is 1. The van der Waals surface area contributed by atoms with Crippen LogP contribution in [-0.4, -0.2) is 69.2 Å². The van der Waals surface area contributed by atoms with Crippen LogP contribution in [0.2, 0.25) is 0 Å². The van der Waals surface area contributed by atoms with Crippen molar-refractivity contribution in [2.24, 2.45) is 5.92 Å². The van der Waals surface area contributed by atoms with Gasteiger partial charge in [-0.15, -0.1) is 0 Å². The quantitative estimate of drug-likeness (QED) is 0.101. The summed E-state index contributed by atoms with van der Waals surface area (Å²) in [7, 11) is 0. The maximum absolute atomic E-state index is 14.8. The fourth-order valence-electron chi connectivity index (χ4n) is 6.48. The van der Waals surface area contributed by atoms with E-state index in [2.05, 4.69) is 18.7 Å². The third-order valence-corrected chi connectivity index (χ3v) is 9.04. The molecule has 0 aliphatic carbocycles. The molecule has 3 unspecified atom stereocenters. The summed E-state index contributed by atoms with van der Waals surface area (Å²) in [6, 6.07) is 31.1. The van der Waals surface area contributed by atoms with Crippen LogP contribution in [0.25, 0.3) is 0 Å².